The number of nitrogens with zero attached hydrogens (tertiary/aromatic N) is 2. The summed E-state index contributed by atoms with van der Waals surface area (Å²) >= 11 is 1.16. The molecule has 1 heterocycles. The number of hydrogen-bond acceptors (Lipinski definition) is 5. The van der Waals surface area contributed by atoms with Crippen molar-refractivity contribution in [2.75, 3.05) is 5.73 Å². The van der Waals surface area contributed by atoms with Crippen molar-refractivity contribution >= 4 is 23.4 Å². The lowest BCUT2D eigenvalue weighted by Crippen LogP contribution is -2.00. The van der Waals surface area contributed by atoms with E-state index in [1.165, 1.54) is 6.07 Å². The molecule has 1 aromatic heterocycles. The van der Waals surface area contributed by atoms with Gasteiger partial charge in [-0.05, 0) is 36.9 Å². The van der Waals surface area contributed by atoms with Crippen LogP contribution in [0.25, 0.3) is 0 Å². The molecule has 0 aliphatic carbocycles. The molecule has 88 valence electrons. The average molecular weight is 250 g/mol. The fourth-order valence-electron chi connectivity index (χ4n) is 1.27. The first kappa shape index (κ1) is 11.5. The van der Waals surface area contributed by atoms with Gasteiger partial charge in [-0.25, -0.2) is 9.78 Å². The Bertz CT molecular complexity index is 567. The molecule has 0 bridgehead atoms. The number of H-pyrrole nitrogens is 1. The standard InChI is InChI=1S/C10H10N4O2S/c1-5-12-10(14-13-5)17-8-4-6(11)2-3-7(8)9(15)16/h2-4H,11H2,1H3,(H,15,16)(H,12,13,14). The van der Waals surface area contributed by atoms with Crippen LogP contribution in [-0.2, 0) is 0 Å². The van der Waals surface area contributed by atoms with Crippen LogP contribution in [0.15, 0.2) is 28.3 Å². The van der Waals surface area contributed by atoms with Crippen LogP contribution in [0.5, 0.6) is 0 Å². The molecule has 0 saturated carbocycles. The van der Waals surface area contributed by atoms with Crippen molar-refractivity contribution in [3.63, 3.8) is 0 Å². The first-order valence-electron chi connectivity index (χ1n) is 4.76. The minimum atomic E-state index is -1.00. The number of carbonyl (C=O) groups is 1. The van der Waals surface area contributed by atoms with Crippen molar-refractivity contribution in [2.24, 2.45) is 0 Å². The number of benzene rings is 1. The lowest BCUT2D eigenvalue weighted by molar-refractivity contribution is 0.0693. The van der Waals surface area contributed by atoms with Crippen LogP contribution in [-0.4, -0.2) is 26.3 Å². The Balaban J connectivity index is 2.37. The number of nitrogen functional groups attached to an aromatic ring is 1. The first-order valence-corrected chi connectivity index (χ1v) is 5.57. The zero-order chi connectivity index (χ0) is 12.4. The summed E-state index contributed by atoms with van der Waals surface area (Å²) in [4.78, 5) is 15.6. The van der Waals surface area contributed by atoms with Crippen LogP contribution < -0.4 is 5.73 Å². The Morgan fingerprint density at radius 2 is 2.29 bits per heavy atom. The molecule has 0 saturated heterocycles. The number of carboxylic acid groups (broad SMARTS) is 1. The highest BCUT2D eigenvalue weighted by molar-refractivity contribution is 7.99. The van der Waals surface area contributed by atoms with Crippen molar-refractivity contribution in [3.8, 4) is 0 Å². The third-order valence-corrected chi connectivity index (χ3v) is 2.94. The van der Waals surface area contributed by atoms with Crippen LogP contribution in [0.3, 0.4) is 0 Å². The molecule has 2 rings (SSSR count). The van der Waals surface area contributed by atoms with Crippen LogP contribution in [0, 0.1) is 6.92 Å². The predicted octanol–water partition coefficient (Wildman–Crippen LogP) is 1.54. The topological polar surface area (TPSA) is 105 Å². The fourth-order valence-corrected chi connectivity index (χ4v) is 2.20. The quantitative estimate of drug-likeness (QED) is 0.714. The third-order valence-electron chi connectivity index (χ3n) is 2.01. The zero-order valence-corrected chi connectivity index (χ0v) is 9.78. The van der Waals surface area contributed by atoms with Crippen molar-refractivity contribution in [3.05, 3.63) is 29.6 Å². The number of aryl methyl sites for hydroxylation is 1. The monoisotopic (exact) mass is 250 g/mol. The van der Waals surface area contributed by atoms with E-state index in [1.807, 2.05) is 0 Å². The maximum absolute atomic E-state index is 11.0. The molecule has 0 unspecified atom stereocenters. The first-order chi connectivity index (χ1) is 8.06. The molecule has 0 spiro atoms. The van der Waals surface area contributed by atoms with Gasteiger partial charge in [0.25, 0.3) is 0 Å². The number of anilines is 1. The molecule has 2 aromatic rings. The van der Waals surface area contributed by atoms with Gasteiger partial charge in [0.2, 0.25) is 5.16 Å². The summed E-state index contributed by atoms with van der Waals surface area (Å²) in [5.41, 5.74) is 6.32. The van der Waals surface area contributed by atoms with Gasteiger partial charge in [0.1, 0.15) is 5.82 Å². The number of aromatic carboxylic acids is 1. The maximum atomic E-state index is 11.0. The second kappa shape index (κ2) is 4.46. The molecular weight excluding hydrogens is 240 g/mol. The van der Waals surface area contributed by atoms with Gasteiger partial charge in [-0.1, -0.05) is 0 Å². The number of nitrogens with one attached hydrogen (secondary N) is 1. The number of aromatic amines is 1. The third kappa shape index (κ3) is 2.56. The van der Waals surface area contributed by atoms with Crippen molar-refractivity contribution in [2.45, 2.75) is 17.0 Å². The largest absolute Gasteiger partial charge is 0.478 e. The summed E-state index contributed by atoms with van der Waals surface area (Å²) in [7, 11) is 0. The normalized spacial score (nSPS) is 10.4. The van der Waals surface area contributed by atoms with Crippen molar-refractivity contribution < 1.29 is 9.90 Å². The molecule has 0 amide bonds. The minimum absolute atomic E-state index is 0.187. The van der Waals surface area contributed by atoms with E-state index in [2.05, 4.69) is 15.2 Å². The summed E-state index contributed by atoms with van der Waals surface area (Å²) in [6.45, 7) is 1.77. The van der Waals surface area contributed by atoms with E-state index in [0.29, 0.717) is 21.6 Å². The van der Waals surface area contributed by atoms with E-state index < -0.39 is 5.97 Å². The van der Waals surface area contributed by atoms with Crippen LogP contribution >= 0.6 is 11.8 Å². The lowest BCUT2D eigenvalue weighted by atomic mass is 10.2. The van der Waals surface area contributed by atoms with E-state index >= 15 is 0 Å². The molecule has 0 aliphatic rings. The van der Waals surface area contributed by atoms with Crippen LogP contribution in [0.4, 0.5) is 5.69 Å². The highest BCUT2D eigenvalue weighted by Crippen LogP contribution is 2.29. The van der Waals surface area contributed by atoms with Gasteiger partial charge in [0, 0.05) is 10.6 Å². The molecule has 0 atom stereocenters. The summed E-state index contributed by atoms with van der Waals surface area (Å²) in [6, 6.07) is 4.62. The molecule has 1 aromatic carbocycles. The zero-order valence-electron chi connectivity index (χ0n) is 8.97. The number of hydrogen-bond donors (Lipinski definition) is 3. The SMILES string of the molecule is Cc1nc(Sc2cc(N)ccc2C(=O)O)n[nH]1. The lowest BCUT2D eigenvalue weighted by Gasteiger charge is -2.04. The van der Waals surface area contributed by atoms with Gasteiger partial charge >= 0.3 is 5.97 Å². The summed E-state index contributed by atoms with van der Waals surface area (Å²) < 4.78 is 0. The molecule has 0 radical (unpaired) electrons. The van der Waals surface area contributed by atoms with Gasteiger partial charge in [-0.2, -0.15) is 0 Å². The van der Waals surface area contributed by atoms with E-state index in [-0.39, 0.29) is 5.56 Å². The van der Waals surface area contributed by atoms with Crippen LogP contribution in [0.1, 0.15) is 16.2 Å². The molecule has 17 heavy (non-hydrogen) atoms. The minimum Gasteiger partial charge on any atom is -0.478 e. The number of carboxylic acids is 1. The van der Waals surface area contributed by atoms with E-state index in [0.717, 1.165) is 11.8 Å². The van der Waals surface area contributed by atoms with E-state index in [1.54, 1.807) is 19.1 Å². The van der Waals surface area contributed by atoms with Gasteiger partial charge in [0.15, 0.2) is 0 Å². The van der Waals surface area contributed by atoms with Gasteiger partial charge in [-0.15, -0.1) is 5.10 Å². The number of rotatable bonds is 3. The van der Waals surface area contributed by atoms with Gasteiger partial charge in [0.05, 0.1) is 5.56 Å². The highest BCUT2D eigenvalue weighted by atomic mass is 32.2. The molecular formula is C10H10N4O2S. The summed E-state index contributed by atoms with van der Waals surface area (Å²) in [5, 5.41) is 16.1. The Labute approximate surface area is 101 Å². The second-order valence-corrected chi connectivity index (χ2v) is 4.38. The van der Waals surface area contributed by atoms with Crippen molar-refractivity contribution in [1.82, 2.24) is 15.2 Å². The summed E-state index contributed by atoms with van der Waals surface area (Å²) in [6.07, 6.45) is 0. The Kier molecular flexibility index (Phi) is 3.01. The number of aromatic nitrogens is 3. The smallest absolute Gasteiger partial charge is 0.336 e. The van der Waals surface area contributed by atoms with E-state index in [9.17, 15) is 4.79 Å². The highest BCUT2D eigenvalue weighted by Gasteiger charge is 2.13. The van der Waals surface area contributed by atoms with Crippen molar-refractivity contribution in [1.29, 1.82) is 0 Å². The molecule has 7 heteroatoms. The van der Waals surface area contributed by atoms with Gasteiger partial charge < -0.3 is 10.8 Å². The molecule has 4 N–H and O–H groups in total. The fraction of sp³-hybridized carbons (Fsp3) is 0.100. The molecule has 6 nitrogen and oxygen atoms in total. The number of nitrogens with two attached hydrogens (primary N) is 1. The Morgan fingerprint density at radius 1 is 1.53 bits per heavy atom. The van der Waals surface area contributed by atoms with Gasteiger partial charge in [-0.3, -0.25) is 5.10 Å². The Hall–Kier alpha value is -2.02. The average Bonchev–Trinajstić information content (AvgIpc) is 2.63. The van der Waals surface area contributed by atoms with Crippen LogP contribution in [0.2, 0.25) is 0 Å². The second-order valence-electron chi connectivity index (χ2n) is 3.37. The maximum Gasteiger partial charge on any atom is 0.336 e. The Morgan fingerprint density at radius 3 is 2.88 bits per heavy atom. The molecule has 0 aliphatic heterocycles. The predicted molar refractivity (Wildman–Crippen MR) is 63.1 cm³/mol. The molecule has 0 fully saturated rings. The summed E-state index contributed by atoms with van der Waals surface area (Å²) in [5.74, 6) is -0.326. The van der Waals surface area contributed by atoms with E-state index in [4.69, 9.17) is 10.8 Å².